The lowest BCUT2D eigenvalue weighted by Gasteiger charge is -2.26. The van der Waals surface area contributed by atoms with Gasteiger partial charge < -0.3 is 8.92 Å². The van der Waals surface area contributed by atoms with Gasteiger partial charge in [-0.15, -0.1) is 0 Å². The Morgan fingerprint density at radius 1 is 1.28 bits per heavy atom. The second-order valence-electron chi connectivity index (χ2n) is 3.97. The first-order chi connectivity index (χ1) is 8.54. The van der Waals surface area contributed by atoms with Crippen LogP contribution < -0.4 is 4.18 Å². The van der Waals surface area contributed by atoms with Gasteiger partial charge in [0.25, 0.3) is 0 Å². The Bertz CT molecular complexity index is 500. The standard InChI is InChI=1S/C11H14FNO4S/c12-18(14,15)17-11-4-2-1-3-10(11)9-13-5-7-16-8-6-13/h1-4H,5-9H2. The van der Waals surface area contributed by atoms with Crippen LogP contribution in [0.3, 0.4) is 0 Å². The molecule has 0 unspecified atom stereocenters. The Balaban J connectivity index is 2.11. The molecule has 1 aromatic rings. The number of nitrogens with zero attached hydrogens (tertiary/aromatic N) is 1. The number of para-hydroxylation sites is 1. The SMILES string of the molecule is O=S(=O)(F)Oc1ccccc1CN1CCOCC1. The zero-order chi connectivity index (χ0) is 13.0. The van der Waals surface area contributed by atoms with Crippen LogP contribution in [0.15, 0.2) is 24.3 Å². The molecule has 1 aliphatic heterocycles. The maximum atomic E-state index is 12.5. The van der Waals surface area contributed by atoms with Crippen molar-refractivity contribution in [3.8, 4) is 5.75 Å². The third kappa shape index (κ3) is 3.94. The molecule has 0 aliphatic carbocycles. The summed E-state index contributed by atoms with van der Waals surface area (Å²) in [6, 6.07) is 6.51. The van der Waals surface area contributed by atoms with E-state index in [0.717, 1.165) is 13.1 Å². The minimum absolute atomic E-state index is 0.0338. The van der Waals surface area contributed by atoms with Gasteiger partial charge in [-0.1, -0.05) is 22.1 Å². The van der Waals surface area contributed by atoms with Gasteiger partial charge in [0.2, 0.25) is 0 Å². The molecule has 1 saturated heterocycles. The molecule has 0 radical (unpaired) electrons. The third-order valence-electron chi connectivity index (χ3n) is 2.66. The molecule has 0 bridgehead atoms. The third-order valence-corrected chi connectivity index (χ3v) is 3.04. The van der Waals surface area contributed by atoms with E-state index in [9.17, 15) is 12.3 Å². The molecule has 100 valence electrons. The summed E-state index contributed by atoms with van der Waals surface area (Å²) in [5.41, 5.74) is 0.639. The van der Waals surface area contributed by atoms with Crippen molar-refractivity contribution in [1.82, 2.24) is 4.90 Å². The quantitative estimate of drug-likeness (QED) is 0.771. The van der Waals surface area contributed by atoms with Gasteiger partial charge in [0.1, 0.15) is 5.75 Å². The van der Waals surface area contributed by atoms with Crippen molar-refractivity contribution in [2.75, 3.05) is 26.3 Å². The minimum Gasteiger partial charge on any atom is -0.379 e. The van der Waals surface area contributed by atoms with Gasteiger partial charge in [0.15, 0.2) is 0 Å². The molecule has 0 spiro atoms. The fourth-order valence-electron chi connectivity index (χ4n) is 1.82. The predicted octanol–water partition coefficient (Wildman–Crippen LogP) is 1.11. The lowest BCUT2D eigenvalue weighted by molar-refractivity contribution is 0.0340. The zero-order valence-corrected chi connectivity index (χ0v) is 10.5. The lowest BCUT2D eigenvalue weighted by Crippen LogP contribution is -2.35. The van der Waals surface area contributed by atoms with Crippen LogP contribution in [0.4, 0.5) is 3.89 Å². The predicted molar refractivity (Wildman–Crippen MR) is 63.2 cm³/mol. The highest BCUT2D eigenvalue weighted by Gasteiger charge is 2.16. The van der Waals surface area contributed by atoms with E-state index in [4.69, 9.17) is 4.74 Å². The molecule has 0 aromatic heterocycles. The molecule has 1 aromatic carbocycles. The summed E-state index contributed by atoms with van der Waals surface area (Å²) in [6.07, 6.45) is 0. The van der Waals surface area contributed by atoms with E-state index in [0.29, 0.717) is 25.3 Å². The first-order valence-electron chi connectivity index (χ1n) is 5.57. The molecule has 2 rings (SSSR count). The highest BCUT2D eigenvalue weighted by atomic mass is 32.3. The van der Waals surface area contributed by atoms with E-state index in [1.807, 2.05) is 0 Å². The van der Waals surface area contributed by atoms with Crippen LogP contribution in [-0.2, 0) is 21.8 Å². The molecule has 5 nitrogen and oxygen atoms in total. The summed E-state index contributed by atoms with van der Waals surface area (Å²) in [5.74, 6) is 0.0338. The van der Waals surface area contributed by atoms with Crippen LogP contribution in [0.25, 0.3) is 0 Å². The summed E-state index contributed by atoms with van der Waals surface area (Å²) in [4.78, 5) is 2.09. The number of halogens is 1. The summed E-state index contributed by atoms with van der Waals surface area (Å²) in [6.45, 7) is 3.32. The highest BCUT2D eigenvalue weighted by molar-refractivity contribution is 7.81. The van der Waals surface area contributed by atoms with E-state index in [-0.39, 0.29) is 5.75 Å². The van der Waals surface area contributed by atoms with E-state index in [1.165, 1.54) is 6.07 Å². The van der Waals surface area contributed by atoms with Crippen molar-refractivity contribution < 1.29 is 21.2 Å². The molecule has 1 fully saturated rings. The average molecular weight is 275 g/mol. The molecule has 0 N–H and O–H groups in total. The second-order valence-corrected chi connectivity index (χ2v) is 4.93. The second kappa shape index (κ2) is 5.64. The van der Waals surface area contributed by atoms with Crippen LogP contribution in [0.5, 0.6) is 5.75 Å². The first-order valence-corrected chi connectivity index (χ1v) is 6.87. The van der Waals surface area contributed by atoms with Crippen molar-refractivity contribution in [1.29, 1.82) is 0 Å². The van der Waals surface area contributed by atoms with Crippen LogP contribution >= 0.6 is 0 Å². The number of rotatable bonds is 4. The number of hydrogen-bond acceptors (Lipinski definition) is 5. The Morgan fingerprint density at radius 2 is 1.94 bits per heavy atom. The van der Waals surface area contributed by atoms with E-state index < -0.39 is 10.5 Å². The van der Waals surface area contributed by atoms with Gasteiger partial charge in [-0.25, -0.2) is 0 Å². The summed E-state index contributed by atoms with van der Waals surface area (Å²) >= 11 is 0. The van der Waals surface area contributed by atoms with Gasteiger partial charge in [-0.2, -0.15) is 8.42 Å². The maximum Gasteiger partial charge on any atom is 0.488 e. The van der Waals surface area contributed by atoms with Gasteiger partial charge in [-0.3, -0.25) is 4.90 Å². The summed E-state index contributed by atoms with van der Waals surface area (Å²) in [5, 5.41) is 0. The van der Waals surface area contributed by atoms with Crippen LogP contribution in [0.1, 0.15) is 5.56 Å². The molecule has 18 heavy (non-hydrogen) atoms. The van der Waals surface area contributed by atoms with Crippen LogP contribution in [0, 0.1) is 0 Å². The number of hydrogen-bond donors (Lipinski definition) is 0. The molecule has 1 heterocycles. The van der Waals surface area contributed by atoms with Crippen molar-refractivity contribution in [2.45, 2.75) is 6.54 Å². The zero-order valence-electron chi connectivity index (χ0n) is 9.71. The molecule has 0 amide bonds. The largest absolute Gasteiger partial charge is 0.488 e. The summed E-state index contributed by atoms with van der Waals surface area (Å²) in [7, 11) is -4.98. The Morgan fingerprint density at radius 3 is 2.61 bits per heavy atom. The average Bonchev–Trinajstić information content (AvgIpc) is 2.31. The van der Waals surface area contributed by atoms with Crippen molar-refractivity contribution in [3.05, 3.63) is 29.8 Å². The van der Waals surface area contributed by atoms with Gasteiger partial charge in [0.05, 0.1) is 13.2 Å². The van der Waals surface area contributed by atoms with E-state index in [1.54, 1.807) is 18.2 Å². The number of benzene rings is 1. The van der Waals surface area contributed by atoms with Crippen molar-refractivity contribution >= 4 is 10.5 Å². The fourth-order valence-corrected chi connectivity index (χ4v) is 2.20. The van der Waals surface area contributed by atoms with Crippen LogP contribution in [-0.4, -0.2) is 39.6 Å². The van der Waals surface area contributed by atoms with Crippen molar-refractivity contribution in [2.24, 2.45) is 0 Å². The smallest absolute Gasteiger partial charge is 0.379 e. The molecule has 0 atom stereocenters. The summed E-state index contributed by atoms with van der Waals surface area (Å²) < 4.78 is 43.1. The molecular weight excluding hydrogens is 261 g/mol. The Hall–Kier alpha value is -1.18. The minimum atomic E-state index is -4.98. The van der Waals surface area contributed by atoms with Gasteiger partial charge >= 0.3 is 10.5 Å². The first kappa shape index (κ1) is 13.3. The fraction of sp³-hybridized carbons (Fsp3) is 0.455. The maximum absolute atomic E-state index is 12.5. The molecular formula is C11H14FNO4S. The lowest BCUT2D eigenvalue weighted by atomic mass is 10.2. The Labute approximate surface area is 106 Å². The number of ether oxygens (including phenoxy) is 1. The number of morpholine rings is 1. The molecule has 0 saturated carbocycles. The monoisotopic (exact) mass is 275 g/mol. The topological polar surface area (TPSA) is 55.8 Å². The molecule has 7 heteroatoms. The molecule has 1 aliphatic rings. The van der Waals surface area contributed by atoms with Gasteiger partial charge in [-0.05, 0) is 6.07 Å². The van der Waals surface area contributed by atoms with Crippen LogP contribution in [0.2, 0.25) is 0 Å². The van der Waals surface area contributed by atoms with Gasteiger partial charge in [0, 0.05) is 25.2 Å². The Kier molecular flexibility index (Phi) is 4.15. The highest BCUT2D eigenvalue weighted by Crippen LogP contribution is 2.22. The van der Waals surface area contributed by atoms with E-state index >= 15 is 0 Å². The normalized spacial score (nSPS) is 17.6. The van der Waals surface area contributed by atoms with Crippen molar-refractivity contribution in [3.63, 3.8) is 0 Å². The van der Waals surface area contributed by atoms with E-state index in [2.05, 4.69) is 9.08 Å².